The molecule has 0 bridgehead atoms. The number of hydrogen-bond donors (Lipinski definition) is 5. The maximum Gasteiger partial charge on any atom is 0.305 e. The predicted octanol–water partition coefficient (Wildman–Crippen LogP) is 0.427. The molecule has 10 heteroatoms. The molecule has 0 heterocycles. The van der Waals surface area contributed by atoms with Crippen molar-refractivity contribution in [1.82, 2.24) is 16.0 Å². The number of phenols is 1. The SMILES string of the molecule is Cc1cc(C(=O)N[C@H](C(=O)N[C@@H](C)C(=O)N[C@H](C=O)CC(=O)O)C(C)C)cc(C)c1O. The minimum atomic E-state index is -1.25. The van der Waals surface area contributed by atoms with E-state index in [-0.39, 0.29) is 17.2 Å². The van der Waals surface area contributed by atoms with Crippen LogP contribution in [0.1, 0.15) is 48.7 Å². The van der Waals surface area contributed by atoms with Crippen LogP contribution in [0.3, 0.4) is 0 Å². The van der Waals surface area contributed by atoms with Crippen LogP contribution >= 0.6 is 0 Å². The molecule has 10 nitrogen and oxygen atoms in total. The molecule has 0 fully saturated rings. The molecule has 0 aromatic heterocycles. The van der Waals surface area contributed by atoms with Gasteiger partial charge in [-0.3, -0.25) is 19.2 Å². The number of carbonyl (C=O) groups is 5. The number of aldehydes is 1. The van der Waals surface area contributed by atoms with Gasteiger partial charge in [-0.05, 0) is 49.9 Å². The highest BCUT2D eigenvalue weighted by molar-refractivity contribution is 5.99. The molecular weight excluding hydrogens is 406 g/mol. The zero-order chi connectivity index (χ0) is 23.9. The summed E-state index contributed by atoms with van der Waals surface area (Å²) in [6.07, 6.45) is -0.272. The van der Waals surface area contributed by atoms with Gasteiger partial charge in [0.1, 0.15) is 24.1 Å². The lowest BCUT2D eigenvalue weighted by molar-refractivity contribution is -0.139. The van der Waals surface area contributed by atoms with Gasteiger partial charge in [-0.1, -0.05) is 13.8 Å². The van der Waals surface area contributed by atoms with Gasteiger partial charge in [-0.2, -0.15) is 0 Å². The average Bonchev–Trinajstić information content (AvgIpc) is 2.67. The number of rotatable bonds is 10. The van der Waals surface area contributed by atoms with Crippen LogP contribution in [0.4, 0.5) is 0 Å². The van der Waals surface area contributed by atoms with Gasteiger partial charge in [-0.25, -0.2) is 0 Å². The summed E-state index contributed by atoms with van der Waals surface area (Å²) in [7, 11) is 0. The van der Waals surface area contributed by atoms with Crippen molar-refractivity contribution < 1.29 is 34.2 Å². The molecule has 3 atom stereocenters. The summed E-state index contributed by atoms with van der Waals surface area (Å²) in [5.74, 6) is -3.33. The standard InChI is InChI=1S/C21H29N3O7/c1-10(2)17(24-20(30)14-6-11(3)18(28)12(4)7-14)21(31)22-13(5)19(29)23-15(9-25)8-16(26)27/h6-7,9-10,13,15,17,28H,8H2,1-5H3,(H,22,31)(H,23,29)(H,24,30)(H,26,27)/t13-,15-,17-/m0/s1. The molecule has 0 aliphatic rings. The number of phenolic OH excluding ortho intramolecular Hbond substituents is 1. The molecule has 5 N–H and O–H groups in total. The van der Waals surface area contributed by atoms with E-state index in [1.807, 2.05) is 0 Å². The maximum atomic E-state index is 12.7. The van der Waals surface area contributed by atoms with Crippen molar-refractivity contribution >= 4 is 30.0 Å². The van der Waals surface area contributed by atoms with E-state index < -0.39 is 48.2 Å². The van der Waals surface area contributed by atoms with Crippen LogP contribution in [0.5, 0.6) is 5.75 Å². The van der Waals surface area contributed by atoms with Crippen molar-refractivity contribution in [3.05, 3.63) is 28.8 Å². The van der Waals surface area contributed by atoms with Gasteiger partial charge in [0.05, 0.1) is 12.5 Å². The van der Waals surface area contributed by atoms with Gasteiger partial charge in [0.2, 0.25) is 11.8 Å². The largest absolute Gasteiger partial charge is 0.507 e. The van der Waals surface area contributed by atoms with E-state index in [1.54, 1.807) is 27.7 Å². The van der Waals surface area contributed by atoms with E-state index in [4.69, 9.17) is 5.11 Å². The maximum absolute atomic E-state index is 12.7. The summed E-state index contributed by atoms with van der Waals surface area (Å²) in [6.45, 7) is 8.13. The number of carboxylic acid groups (broad SMARTS) is 1. The van der Waals surface area contributed by atoms with E-state index in [0.717, 1.165) is 0 Å². The Labute approximate surface area is 180 Å². The molecule has 170 valence electrons. The Morgan fingerprint density at radius 3 is 1.97 bits per heavy atom. The topological polar surface area (TPSA) is 162 Å². The molecule has 1 aromatic rings. The third-order valence-electron chi connectivity index (χ3n) is 4.63. The third kappa shape index (κ3) is 7.40. The van der Waals surface area contributed by atoms with Gasteiger partial charge in [0, 0.05) is 5.56 Å². The number of hydrogen-bond acceptors (Lipinski definition) is 6. The number of benzene rings is 1. The fourth-order valence-corrected chi connectivity index (χ4v) is 2.84. The molecule has 0 aliphatic carbocycles. The normalized spacial score (nSPS) is 13.6. The van der Waals surface area contributed by atoms with Crippen LogP contribution in [-0.4, -0.2) is 58.3 Å². The van der Waals surface area contributed by atoms with Crippen LogP contribution in [0.25, 0.3) is 0 Å². The van der Waals surface area contributed by atoms with Gasteiger partial charge in [0.15, 0.2) is 0 Å². The molecule has 3 amide bonds. The van der Waals surface area contributed by atoms with Crippen molar-refractivity contribution in [2.45, 2.75) is 59.2 Å². The van der Waals surface area contributed by atoms with E-state index in [0.29, 0.717) is 17.4 Å². The molecule has 1 rings (SSSR count). The minimum Gasteiger partial charge on any atom is -0.507 e. The van der Waals surface area contributed by atoms with Crippen LogP contribution in [0, 0.1) is 19.8 Å². The zero-order valence-corrected chi connectivity index (χ0v) is 18.2. The average molecular weight is 435 g/mol. The lowest BCUT2D eigenvalue weighted by Gasteiger charge is -2.24. The van der Waals surface area contributed by atoms with Crippen molar-refractivity contribution in [1.29, 1.82) is 0 Å². The molecular formula is C21H29N3O7. The molecule has 0 unspecified atom stereocenters. The first-order valence-electron chi connectivity index (χ1n) is 9.76. The van der Waals surface area contributed by atoms with Crippen molar-refractivity contribution in [3.63, 3.8) is 0 Å². The number of aromatic hydroxyl groups is 1. The Hall–Kier alpha value is -3.43. The van der Waals surface area contributed by atoms with Gasteiger partial charge >= 0.3 is 5.97 Å². The lowest BCUT2D eigenvalue weighted by atomic mass is 10.0. The molecule has 0 aliphatic heterocycles. The summed E-state index contributed by atoms with van der Waals surface area (Å²) < 4.78 is 0. The second-order valence-electron chi connectivity index (χ2n) is 7.73. The number of aliphatic carboxylic acids is 1. The smallest absolute Gasteiger partial charge is 0.305 e. The fourth-order valence-electron chi connectivity index (χ4n) is 2.84. The van der Waals surface area contributed by atoms with E-state index >= 15 is 0 Å². The summed E-state index contributed by atoms with van der Waals surface area (Å²) in [5, 5.41) is 25.9. The fraction of sp³-hybridized carbons (Fsp3) is 0.476. The summed E-state index contributed by atoms with van der Waals surface area (Å²) in [5.41, 5.74) is 1.32. The van der Waals surface area contributed by atoms with Crippen LogP contribution in [-0.2, 0) is 19.2 Å². The summed E-state index contributed by atoms with van der Waals surface area (Å²) >= 11 is 0. The molecule has 0 saturated carbocycles. The van der Waals surface area contributed by atoms with E-state index in [2.05, 4.69) is 16.0 Å². The van der Waals surface area contributed by atoms with Crippen molar-refractivity contribution in [2.24, 2.45) is 5.92 Å². The first-order chi connectivity index (χ1) is 14.4. The summed E-state index contributed by atoms with van der Waals surface area (Å²) in [4.78, 5) is 59.1. The van der Waals surface area contributed by atoms with Crippen LogP contribution in [0.15, 0.2) is 12.1 Å². The highest BCUT2D eigenvalue weighted by Crippen LogP contribution is 2.23. The number of nitrogens with one attached hydrogen (secondary N) is 3. The van der Waals surface area contributed by atoms with Crippen molar-refractivity contribution in [3.8, 4) is 5.75 Å². The number of aryl methyl sites for hydroxylation is 2. The quantitative estimate of drug-likeness (QED) is 0.333. The molecule has 0 saturated heterocycles. The zero-order valence-electron chi connectivity index (χ0n) is 18.2. The number of carboxylic acids is 1. The first-order valence-corrected chi connectivity index (χ1v) is 9.76. The number of amides is 3. The molecule has 31 heavy (non-hydrogen) atoms. The highest BCUT2D eigenvalue weighted by atomic mass is 16.4. The van der Waals surface area contributed by atoms with E-state index in [9.17, 15) is 29.1 Å². The number of carbonyl (C=O) groups excluding carboxylic acids is 4. The second-order valence-corrected chi connectivity index (χ2v) is 7.73. The highest BCUT2D eigenvalue weighted by Gasteiger charge is 2.28. The Balaban J connectivity index is 2.85. The Morgan fingerprint density at radius 1 is 0.968 bits per heavy atom. The third-order valence-corrected chi connectivity index (χ3v) is 4.63. The second kappa shape index (κ2) is 11.1. The Bertz CT molecular complexity index is 844. The lowest BCUT2D eigenvalue weighted by Crippen LogP contribution is -2.55. The van der Waals surface area contributed by atoms with Crippen molar-refractivity contribution in [2.75, 3.05) is 0 Å². The van der Waals surface area contributed by atoms with Gasteiger partial charge in [0.25, 0.3) is 5.91 Å². The van der Waals surface area contributed by atoms with Gasteiger partial charge in [-0.15, -0.1) is 0 Å². The van der Waals surface area contributed by atoms with E-state index in [1.165, 1.54) is 19.1 Å². The monoisotopic (exact) mass is 435 g/mol. The van der Waals surface area contributed by atoms with Crippen LogP contribution in [0.2, 0.25) is 0 Å². The first kappa shape index (κ1) is 25.6. The summed E-state index contributed by atoms with van der Waals surface area (Å²) in [6, 6.07) is -0.236. The predicted molar refractivity (Wildman–Crippen MR) is 112 cm³/mol. The van der Waals surface area contributed by atoms with Crippen LogP contribution < -0.4 is 16.0 Å². The van der Waals surface area contributed by atoms with Gasteiger partial charge < -0.3 is 31.0 Å². The Kier molecular flexibility index (Phi) is 9.16. The molecule has 0 spiro atoms. The molecule has 0 radical (unpaired) electrons. The minimum absolute atomic E-state index is 0.0890. The Morgan fingerprint density at radius 2 is 1.52 bits per heavy atom. The molecule has 1 aromatic carbocycles.